The molecule has 7 heteroatoms. The Morgan fingerprint density at radius 1 is 1.21 bits per heavy atom. The number of nitriles is 1. The maximum Gasteiger partial charge on any atom is 0.332 e. The van der Waals surface area contributed by atoms with E-state index in [-0.39, 0.29) is 11.4 Å². The highest BCUT2D eigenvalue weighted by atomic mass is 16.3. The van der Waals surface area contributed by atoms with E-state index < -0.39 is 11.2 Å². The second-order valence-corrected chi connectivity index (χ2v) is 5.62. The quantitative estimate of drug-likeness (QED) is 0.726. The first kappa shape index (κ1) is 15.6. The van der Waals surface area contributed by atoms with E-state index in [1.54, 1.807) is 11.9 Å². The first-order valence-electron chi connectivity index (χ1n) is 7.32. The van der Waals surface area contributed by atoms with Crippen LogP contribution < -0.4 is 16.1 Å². The largest absolute Gasteiger partial charge is 0.459 e. The highest BCUT2D eigenvalue weighted by Gasteiger charge is 2.19. The van der Waals surface area contributed by atoms with Crippen LogP contribution in [0, 0.1) is 11.3 Å². The van der Waals surface area contributed by atoms with Crippen LogP contribution in [0.5, 0.6) is 0 Å². The number of para-hydroxylation sites is 1. The monoisotopic (exact) mass is 324 g/mol. The molecule has 3 rings (SSSR count). The summed E-state index contributed by atoms with van der Waals surface area (Å²) in [5, 5.41) is 10.3. The molecule has 1 aromatic carbocycles. The molecular formula is C17H16N4O3. The lowest BCUT2D eigenvalue weighted by Gasteiger charge is -2.22. The fourth-order valence-corrected chi connectivity index (χ4v) is 2.80. The average molecular weight is 324 g/mol. The van der Waals surface area contributed by atoms with Gasteiger partial charge in [0.05, 0.1) is 6.54 Å². The highest BCUT2D eigenvalue weighted by Crippen LogP contribution is 2.22. The van der Waals surface area contributed by atoms with E-state index in [4.69, 9.17) is 4.42 Å². The lowest BCUT2D eigenvalue weighted by atomic mass is 10.2. The van der Waals surface area contributed by atoms with Gasteiger partial charge >= 0.3 is 5.69 Å². The molecule has 7 nitrogen and oxygen atoms in total. The molecule has 0 atom stereocenters. The summed E-state index contributed by atoms with van der Waals surface area (Å²) >= 11 is 0. The number of anilines is 1. The average Bonchev–Trinajstić information content (AvgIpc) is 2.97. The van der Waals surface area contributed by atoms with Gasteiger partial charge in [-0.25, -0.2) is 4.79 Å². The van der Waals surface area contributed by atoms with Crippen LogP contribution >= 0.6 is 0 Å². The molecule has 24 heavy (non-hydrogen) atoms. The van der Waals surface area contributed by atoms with Crippen molar-refractivity contribution in [3.8, 4) is 6.07 Å². The highest BCUT2D eigenvalue weighted by molar-refractivity contribution is 5.77. The van der Waals surface area contributed by atoms with Gasteiger partial charge in [-0.1, -0.05) is 18.2 Å². The van der Waals surface area contributed by atoms with Gasteiger partial charge in [-0.05, 0) is 12.1 Å². The lowest BCUT2D eigenvalue weighted by Crippen LogP contribution is -2.41. The third kappa shape index (κ3) is 2.38. The number of aromatic nitrogens is 2. The molecule has 0 spiro atoms. The van der Waals surface area contributed by atoms with E-state index >= 15 is 0 Å². The summed E-state index contributed by atoms with van der Waals surface area (Å²) in [6.07, 6.45) is 0. The summed E-state index contributed by atoms with van der Waals surface area (Å²) in [6, 6.07) is 11.4. The Labute approximate surface area is 137 Å². The van der Waals surface area contributed by atoms with Gasteiger partial charge in [-0.2, -0.15) is 5.26 Å². The summed E-state index contributed by atoms with van der Waals surface area (Å²) in [6.45, 7) is 0.323. The van der Waals surface area contributed by atoms with Crippen molar-refractivity contribution in [3.05, 3.63) is 62.5 Å². The normalized spacial score (nSPS) is 10.8. The molecule has 0 bridgehead atoms. The van der Waals surface area contributed by atoms with Crippen molar-refractivity contribution in [2.24, 2.45) is 14.1 Å². The van der Waals surface area contributed by atoms with Crippen LogP contribution in [-0.4, -0.2) is 16.2 Å². The Hall–Kier alpha value is -3.27. The van der Waals surface area contributed by atoms with E-state index in [0.29, 0.717) is 12.3 Å². The second-order valence-electron chi connectivity index (χ2n) is 5.62. The van der Waals surface area contributed by atoms with Crippen molar-refractivity contribution >= 4 is 16.8 Å². The minimum atomic E-state index is -0.605. The van der Waals surface area contributed by atoms with Gasteiger partial charge in [-0.3, -0.25) is 13.9 Å². The number of hydrogen-bond donors (Lipinski definition) is 0. The minimum absolute atomic E-state index is 0.0711. The molecule has 0 N–H and O–H groups in total. The van der Waals surface area contributed by atoms with Crippen molar-refractivity contribution in [3.63, 3.8) is 0 Å². The fraction of sp³-hybridized carbons (Fsp3) is 0.235. The first-order valence-corrected chi connectivity index (χ1v) is 7.32. The summed E-state index contributed by atoms with van der Waals surface area (Å²) in [5.74, 6) is 0.946. The van der Waals surface area contributed by atoms with Crippen LogP contribution in [-0.2, 0) is 20.6 Å². The third-order valence-corrected chi connectivity index (χ3v) is 3.98. The zero-order valence-electron chi connectivity index (χ0n) is 13.6. The predicted molar refractivity (Wildman–Crippen MR) is 90.0 cm³/mol. The Kier molecular flexibility index (Phi) is 3.73. The Morgan fingerprint density at radius 3 is 2.58 bits per heavy atom. The number of nitrogens with zero attached hydrogens (tertiary/aromatic N) is 4. The SMILES string of the molecule is CN(Cc1cc2ccccc2o1)c1c(C#N)c(=O)n(C)c(=O)n1C. The Bertz CT molecular complexity index is 1050. The number of rotatable bonds is 3. The van der Waals surface area contributed by atoms with Gasteiger partial charge in [-0.15, -0.1) is 0 Å². The van der Waals surface area contributed by atoms with E-state index in [9.17, 15) is 14.9 Å². The molecule has 2 aromatic heterocycles. The van der Waals surface area contributed by atoms with Crippen LogP contribution in [0.1, 0.15) is 11.3 Å². The second kappa shape index (κ2) is 5.74. The summed E-state index contributed by atoms with van der Waals surface area (Å²) in [4.78, 5) is 26.0. The fourth-order valence-electron chi connectivity index (χ4n) is 2.80. The Balaban J connectivity index is 2.07. The Morgan fingerprint density at radius 2 is 1.92 bits per heavy atom. The molecule has 3 aromatic rings. The van der Waals surface area contributed by atoms with Gasteiger partial charge in [0.2, 0.25) is 0 Å². The zero-order chi connectivity index (χ0) is 17.4. The number of furan rings is 1. The zero-order valence-corrected chi connectivity index (χ0v) is 13.6. The molecule has 2 heterocycles. The van der Waals surface area contributed by atoms with Crippen LogP contribution in [0.15, 0.2) is 44.3 Å². The smallest absolute Gasteiger partial charge is 0.332 e. The summed E-state index contributed by atoms with van der Waals surface area (Å²) in [5.41, 5.74) is -0.394. The van der Waals surface area contributed by atoms with Crippen molar-refractivity contribution in [2.75, 3.05) is 11.9 Å². The molecule has 0 saturated heterocycles. The topological polar surface area (TPSA) is 84.2 Å². The van der Waals surface area contributed by atoms with Crippen molar-refractivity contribution in [1.82, 2.24) is 9.13 Å². The van der Waals surface area contributed by atoms with Crippen LogP contribution in [0.2, 0.25) is 0 Å². The molecule has 122 valence electrons. The molecule has 0 radical (unpaired) electrons. The first-order chi connectivity index (χ1) is 11.4. The summed E-state index contributed by atoms with van der Waals surface area (Å²) < 4.78 is 7.98. The summed E-state index contributed by atoms with van der Waals surface area (Å²) in [7, 11) is 4.60. The predicted octanol–water partition coefficient (Wildman–Crippen LogP) is 1.34. The number of fused-ring (bicyclic) bond motifs is 1. The minimum Gasteiger partial charge on any atom is -0.459 e. The van der Waals surface area contributed by atoms with Crippen LogP contribution in [0.25, 0.3) is 11.0 Å². The van der Waals surface area contributed by atoms with Gasteiger partial charge < -0.3 is 9.32 Å². The molecule has 0 fully saturated rings. The molecule has 0 aliphatic carbocycles. The standard InChI is InChI=1S/C17H16N4O3/c1-19(10-12-8-11-6-4-5-7-14(11)24-12)15-13(9-18)16(22)21(3)17(23)20(15)2/h4-8H,10H2,1-3H3. The maximum absolute atomic E-state index is 12.2. The maximum atomic E-state index is 12.2. The molecule has 0 aliphatic rings. The molecular weight excluding hydrogens is 308 g/mol. The van der Waals surface area contributed by atoms with Crippen molar-refractivity contribution in [2.45, 2.75) is 6.54 Å². The van der Waals surface area contributed by atoms with Crippen LogP contribution in [0.4, 0.5) is 5.82 Å². The van der Waals surface area contributed by atoms with E-state index in [1.165, 1.54) is 18.7 Å². The van der Waals surface area contributed by atoms with Gasteiger partial charge in [0.15, 0.2) is 5.56 Å². The van der Waals surface area contributed by atoms with Crippen molar-refractivity contribution in [1.29, 1.82) is 5.26 Å². The molecule has 0 amide bonds. The van der Waals surface area contributed by atoms with Gasteiger partial charge in [0.25, 0.3) is 5.56 Å². The number of hydrogen-bond acceptors (Lipinski definition) is 5. The van der Waals surface area contributed by atoms with Crippen molar-refractivity contribution < 1.29 is 4.42 Å². The van der Waals surface area contributed by atoms with E-state index in [0.717, 1.165) is 15.5 Å². The lowest BCUT2D eigenvalue weighted by molar-refractivity contribution is 0.541. The van der Waals surface area contributed by atoms with Gasteiger partial charge in [0.1, 0.15) is 23.2 Å². The van der Waals surface area contributed by atoms with E-state index in [2.05, 4.69) is 0 Å². The molecule has 0 unspecified atom stereocenters. The molecule has 0 aliphatic heterocycles. The third-order valence-electron chi connectivity index (χ3n) is 3.98. The van der Waals surface area contributed by atoms with Gasteiger partial charge in [0, 0.05) is 26.5 Å². The number of benzene rings is 1. The molecule has 0 saturated carbocycles. The van der Waals surface area contributed by atoms with Crippen LogP contribution in [0.3, 0.4) is 0 Å². The van der Waals surface area contributed by atoms with E-state index in [1.807, 2.05) is 36.4 Å².